The third kappa shape index (κ3) is 6.29. The standard InChI is InChI=1S/C18H27N3O3/c1-24-13-5-8-19-17(22)14-18(23)21-11-9-20(10-12-21)15-16-6-3-2-4-7-16/h2-4,6-7H,5,8-15H2,1H3,(H,19,22). The normalized spacial score (nSPS) is 15.3. The molecule has 24 heavy (non-hydrogen) atoms. The first-order valence-electron chi connectivity index (χ1n) is 8.48. The maximum Gasteiger partial charge on any atom is 0.232 e. The second-order valence-electron chi connectivity index (χ2n) is 6.02. The molecule has 0 aromatic heterocycles. The number of methoxy groups -OCH3 is 1. The van der Waals surface area contributed by atoms with Crippen LogP contribution in [0.2, 0.25) is 0 Å². The van der Waals surface area contributed by atoms with Gasteiger partial charge in [-0.3, -0.25) is 14.5 Å². The van der Waals surface area contributed by atoms with Gasteiger partial charge in [-0.1, -0.05) is 30.3 Å². The van der Waals surface area contributed by atoms with Gasteiger partial charge in [-0.15, -0.1) is 0 Å². The molecular weight excluding hydrogens is 306 g/mol. The van der Waals surface area contributed by atoms with Crippen LogP contribution in [0.1, 0.15) is 18.4 Å². The molecule has 0 radical (unpaired) electrons. The van der Waals surface area contributed by atoms with Crippen LogP contribution in [-0.4, -0.2) is 68.1 Å². The number of hydrogen-bond acceptors (Lipinski definition) is 4. The number of rotatable bonds is 8. The highest BCUT2D eigenvalue weighted by Crippen LogP contribution is 2.09. The van der Waals surface area contributed by atoms with Crippen LogP contribution in [-0.2, 0) is 20.9 Å². The lowest BCUT2D eigenvalue weighted by Gasteiger charge is -2.34. The van der Waals surface area contributed by atoms with Crippen molar-refractivity contribution in [2.45, 2.75) is 19.4 Å². The Morgan fingerprint density at radius 2 is 1.83 bits per heavy atom. The van der Waals surface area contributed by atoms with Crippen LogP contribution in [0.15, 0.2) is 30.3 Å². The van der Waals surface area contributed by atoms with E-state index in [9.17, 15) is 9.59 Å². The number of benzene rings is 1. The van der Waals surface area contributed by atoms with Crippen molar-refractivity contribution < 1.29 is 14.3 Å². The van der Waals surface area contributed by atoms with Crippen LogP contribution in [0, 0.1) is 0 Å². The molecule has 1 aliphatic heterocycles. The van der Waals surface area contributed by atoms with Crippen LogP contribution in [0.5, 0.6) is 0 Å². The Kier molecular flexibility index (Phi) is 7.71. The maximum absolute atomic E-state index is 12.2. The molecule has 0 atom stereocenters. The molecule has 132 valence electrons. The van der Waals surface area contributed by atoms with Crippen molar-refractivity contribution in [3.05, 3.63) is 35.9 Å². The average molecular weight is 333 g/mol. The van der Waals surface area contributed by atoms with E-state index in [1.807, 2.05) is 18.2 Å². The molecule has 1 fully saturated rings. The molecular formula is C18H27N3O3. The summed E-state index contributed by atoms with van der Waals surface area (Å²) >= 11 is 0. The zero-order valence-corrected chi connectivity index (χ0v) is 14.4. The van der Waals surface area contributed by atoms with Crippen molar-refractivity contribution in [3.63, 3.8) is 0 Å². The minimum Gasteiger partial charge on any atom is -0.385 e. The van der Waals surface area contributed by atoms with E-state index < -0.39 is 0 Å². The van der Waals surface area contributed by atoms with Gasteiger partial charge in [0.2, 0.25) is 11.8 Å². The fourth-order valence-corrected chi connectivity index (χ4v) is 2.75. The molecule has 0 bridgehead atoms. The predicted octanol–water partition coefficient (Wildman–Crippen LogP) is 0.874. The summed E-state index contributed by atoms with van der Waals surface area (Å²) in [6.45, 7) is 5.11. The molecule has 0 saturated carbocycles. The summed E-state index contributed by atoms with van der Waals surface area (Å²) in [4.78, 5) is 28.1. The van der Waals surface area contributed by atoms with Crippen LogP contribution in [0.4, 0.5) is 0 Å². The van der Waals surface area contributed by atoms with Gasteiger partial charge in [0.15, 0.2) is 0 Å². The van der Waals surface area contributed by atoms with E-state index in [4.69, 9.17) is 4.74 Å². The van der Waals surface area contributed by atoms with Gasteiger partial charge < -0.3 is 15.0 Å². The molecule has 1 saturated heterocycles. The number of piperazine rings is 1. The third-order valence-electron chi connectivity index (χ3n) is 4.13. The van der Waals surface area contributed by atoms with Gasteiger partial charge in [-0.2, -0.15) is 0 Å². The molecule has 6 nitrogen and oxygen atoms in total. The Morgan fingerprint density at radius 1 is 1.12 bits per heavy atom. The number of nitrogens with one attached hydrogen (secondary N) is 1. The van der Waals surface area contributed by atoms with Gasteiger partial charge >= 0.3 is 0 Å². The monoisotopic (exact) mass is 333 g/mol. The van der Waals surface area contributed by atoms with Crippen molar-refractivity contribution in [2.75, 3.05) is 46.4 Å². The Bertz CT molecular complexity index is 514. The lowest BCUT2D eigenvalue weighted by molar-refractivity contribution is -0.137. The summed E-state index contributed by atoms with van der Waals surface area (Å²) in [5.41, 5.74) is 1.28. The second-order valence-corrected chi connectivity index (χ2v) is 6.02. The molecule has 0 unspecified atom stereocenters. The number of hydrogen-bond donors (Lipinski definition) is 1. The van der Waals surface area contributed by atoms with Crippen molar-refractivity contribution in [2.24, 2.45) is 0 Å². The molecule has 0 aliphatic carbocycles. The minimum atomic E-state index is -0.206. The van der Waals surface area contributed by atoms with E-state index in [0.717, 1.165) is 26.1 Å². The first kappa shape index (κ1) is 18.4. The van der Waals surface area contributed by atoms with Gasteiger partial charge in [-0.25, -0.2) is 0 Å². The Hall–Kier alpha value is -1.92. The largest absolute Gasteiger partial charge is 0.385 e. The Morgan fingerprint density at radius 3 is 2.50 bits per heavy atom. The second kappa shape index (κ2) is 10.1. The van der Waals surface area contributed by atoms with E-state index in [1.54, 1.807) is 12.0 Å². The van der Waals surface area contributed by atoms with Crippen LogP contribution in [0.3, 0.4) is 0 Å². The topological polar surface area (TPSA) is 61.9 Å². The fraction of sp³-hybridized carbons (Fsp3) is 0.556. The van der Waals surface area contributed by atoms with Crippen molar-refractivity contribution in [1.29, 1.82) is 0 Å². The van der Waals surface area contributed by atoms with Crippen molar-refractivity contribution >= 4 is 11.8 Å². The van der Waals surface area contributed by atoms with Crippen LogP contribution in [0.25, 0.3) is 0 Å². The highest BCUT2D eigenvalue weighted by atomic mass is 16.5. The summed E-state index contributed by atoms with van der Waals surface area (Å²) in [6.07, 6.45) is 0.695. The highest BCUT2D eigenvalue weighted by molar-refractivity contribution is 5.96. The summed E-state index contributed by atoms with van der Waals surface area (Å²) in [7, 11) is 1.63. The predicted molar refractivity (Wildman–Crippen MR) is 92.4 cm³/mol. The minimum absolute atomic E-state index is 0.0638. The molecule has 0 spiro atoms. The van der Waals surface area contributed by atoms with E-state index in [1.165, 1.54) is 5.56 Å². The Labute approximate surface area is 143 Å². The first-order chi connectivity index (χ1) is 11.7. The first-order valence-corrected chi connectivity index (χ1v) is 8.48. The smallest absolute Gasteiger partial charge is 0.232 e. The Balaban J connectivity index is 1.66. The van der Waals surface area contributed by atoms with Gasteiger partial charge in [0.25, 0.3) is 0 Å². The average Bonchev–Trinajstić information content (AvgIpc) is 2.60. The fourth-order valence-electron chi connectivity index (χ4n) is 2.75. The molecule has 1 heterocycles. The zero-order valence-electron chi connectivity index (χ0n) is 14.4. The molecule has 1 N–H and O–H groups in total. The molecule has 2 rings (SSSR count). The number of amides is 2. The quantitative estimate of drug-likeness (QED) is 0.566. The summed E-state index contributed by atoms with van der Waals surface area (Å²) in [5.74, 6) is -0.290. The van der Waals surface area contributed by atoms with E-state index in [-0.39, 0.29) is 18.2 Å². The lowest BCUT2D eigenvalue weighted by atomic mass is 10.2. The number of carbonyl (C=O) groups is 2. The third-order valence-corrected chi connectivity index (χ3v) is 4.13. The molecule has 6 heteroatoms. The van der Waals surface area contributed by atoms with E-state index in [0.29, 0.717) is 26.2 Å². The molecule has 2 amide bonds. The number of nitrogens with zero attached hydrogens (tertiary/aromatic N) is 2. The SMILES string of the molecule is COCCCNC(=O)CC(=O)N1CCN(Cc2ccccc2)CC1. The van der Waals surface area contributed by atoms with Gasteiger partial charge in [0.1, 0.15) is 6.42 Å². The number of ether oxygens (including phenoxy) is 1. The summed E-state index contributed by atoms with van der Waals surface area (Å²) in [6, 6.07) is 10.3. The highest BCUT2D eigenvalue weighted by Gasteiger charge is 2.22. The molecule has 1 aliphatic rings. The van der Waals surface area contributed by atoms with Gasteiger partial charge in [0, 0.05) is 53.0 Å². The molecule has 1 aromatic rings. The van der Waals surface area contributed by atoms with Crippen molar-refractivity contribution in [1.82, 2.24) is 15.1 Å². The summed E-state index contributed by atoms with van der Waals surface area (Å²) in [5, 5.41) is 2.75. The van der Waals surface area contributed by atoms with E-state index >= 15 is 0 Å². The van der Waals surface area contributed by atoms with Gasteiger partial charge in [-0.05, 0) is 12.0 Å². The van der Waals surface area contributed by atoms with E-state index in [2.05, 4.69) is 22.3 Å². The molecule has 1 aromatic carbocycles. The van der Waals surface area contributed by atoms with Crippen LogP contribution < -0.4 is 5.32 Å². The van der Waals surface area contributed by atoms with Crippen molar-refractivity contribution in [3.8, 4) is 0 Å². The van der Waals surface area contributed by atoms with Crippen LogP contribution >= 0.6 is 0 Å². The van der Waals surface area contributed by atoms with Gasteiger partial charge in [0.05, 0.1) is 0 Å². The lowest BCUT2D eigenvalue weighted by Crippen LogP contribution is -2.49. The number of carbonyl (C=O) groups excluding carboxylic acids is 2. The maximum atomic E-state index is 12.2. The summed E-state index contributed by atoms with van der Waals surface area (Å²) < 4.78 is 4.92. The zero-order chi connectivity index (χ0) is 17.2.